The normalized spacial score (nSPS) is 11.8. The lowest BCUT2D eigenvalue weighted by atomic mass is 10.0. The predicted octanol–water partition coefficient (Wildman–Crippen LogP) is 2.78. The molecule has 0 radical (unpaired) electrons. The highest BCUT2D eigenvalue weighted by atomic mass is 19.2. The number of aliphatic hydroxyl groups excluding tert-OH is 2. The first-order valence-electron chi connectivity index (χ1n) is 7.09. The molecule has 0 heterocycles. The van der Waals surface area contributed by atoms with Crippen molar-refractivity contribution in [3.05, 3.63) is 53.4 Å². The van der Waals surface area contributed by atoms with Gasteiger partial charge in [0.15, 0.2) is 0 Å². The first kappa shape index (κ1) is 20.8. The lowest BCUT2D eigenvalue weighted by Gasteiger charge is -2.14. The molecular formula is C16H15F5O4. The number of carbonyl (C=O) groups is 1. The summed E-state index contributed by atoms with van der Waals surface area (Å²) in [6, 6.07) is 0. The molecule has 25 heavy (non-hydrogen) atoms. The van der Waals surface area contributed by atoms with E-state index in [1.807, 2.05) is 0 Å². The predicted molar refractivity (Wildman–Crippen MR) is 77.0 cm³/mol. The van der Waals surface area contributed by atoms with Gasteiger partial charge in [0.05, 0.1) is 19.1 Å². The third kappa shape index (κ3) is 5.36. The van der Waals surface area contributed by atoms with Crippen molar-refractivity contribution < 1.29 is 41.7 Å². The minimum Gasteiger partial charge on any atom is -0.420 e. The molecule has 9 heteroatoms. The van der Waals surface area contributed by atoms with Crippen molar-refractivity contribution in [2.24, 2.45) is 5.92 Å². The van der Waals surface area contributed by atoms with Gasteiger partial charge in [-0.15, -0.1) is 0 Å². The Kier molecular flexibility index (Phi) is 8.23. The molecule has 0 aliphatic rings. The molecule has 138 valence electrons. The van der Waals surface area contributed by atoms with Crippen molar-refractivity contribution in [2.75, 3.05) is 13.2 Å². The maximum atomic E-state index is 13.5. The zero-order valence-electron chi connectivity index (χ0n) is 12.8. The van der Waals surface area contributed by atoms with Crippen LogP contribution >= 0.6 is 0 Å². The molecule has 0 saturated heterocycles. The molecule has 0 fully saturated rings. The molecule has 0 amide bonds. The van der Waals surface area contributed by atoms with Crippen molar-refractivity contribution in [3.8, 4) is 5.75 Å². The highest BCUT2D eigenvalue weighted by Crippen LogP contribution is 2.30. The van der Waals surface area contributed by atoms with Crippen LogP contribution in [0.5, 0.6) is 5.75 Å². The van der Waals surface area contributed by atoms with Gasteiger partial charge in [0.25, 0.3) is 0 Å². The lowest BCUT2D eigenvalue weighted by Crippen LogP contribution is -2.22. The van der Waals surface area contributed by atoms with Crippen molar-refractivity contribution in [2.45, 2.75) is 12.8 Å². The monoisotopic (exact) mass is 366 g/mol. The second kappa shape index (κ2) is 9.90. The second-order valence-electron chi connectivity index (χ2n) is 4.80. The van der Waals surface area contributed by atoms with E-state index in [-0.39, 0.29) is 26.1 Å². The number of allylic oxidation sites excluding steroid dienone is 2. The second-order valence-corrected chi connectivity index (χ2v) is 4.80. The molecule has 0 bridgehead atoms. The van der Waals surface area contributed by atoms with Crippen LogP contribution in [0.4, 0.5) is 22.0 Å². The molecule has 0 atom stereocenters. The zero-order valence-corrected chi connectivity index (χ0v) is 12.8. The molecule has 1 aromatic rings. The smallest absolute Gasteiger partial charge is 0.315 e. The largest absolute Gasteiger partial charge is 0.420 e. The summed E-state index contributed by atoms with van der Waals surface area (Å²) < 4.78 is 70.7. The molecular weight excluding hydrogens is 351 g/mol. The summed E-state index contributed by atoms with van der Waals surface area (Å²) in [5, 5.41) is 17.3. The topological polar surface area (TPSA) is 66.8 Å². The van der Waals surface area contributed by atoms with Crippen molar-refractivity contribution in [3.63, 3.8) is 0 Å². The van der Waals surface area contributed by atoms with Gasteiger partial charge in [-0.2, -0.15) is 8.78 Å². The third-order valence-electron chi connectivity index (χ3n) is 3.09. The Hall–Kier alpha value is -2.26. The van der Waals surface area contributed by atoms with Gasteiger partial charge in [-0.3, -0.25) is 4.79 Å². The van der Waals surface area contributed by atoms with Gasteiger partial charge in [0.2, 0.25) is 34.8 Å². The zero-order chi connectivity index (χ0) is 19.0. The quantitative estimate of drug-likeness (QED) is 0.185. The van der Waals surface area contributed by atoms with Crippen molar-refractivity contribution in [1.82, 2.24) is 0 Å². The summed E-state index contributed by atoms with van der Waals surface area (Å²) in [6.07, 6.45) is 5.33. The number of benzene rings is 1. The Morgan fingerprint density at radius 1 is 0.800 bits per heavy atom. The first-order valence-corrected chi connectivity index (χ1v) is 7.09. The van der Waals surface area contributed by atoms with Crippen LogP contribution in [-0.2, 0) is 4.79 Å². The number of hydrogen-bond acceptors (Lipinski definition) is 4. The summed E-state index contributed by atoms with van der Waals surface area (Å²) in [6.45, 7) is -0.627. The number of carbonyl (C=O) groups excluding carboxylic acids is 1. The number of halogens is 5. The Labute approximate surface area is 139 Å². The minimum absolute atomic E-state index is 0.0233. The highest BCUT2D eigenvalue weighted by molar-refractivity contribution is 5.75. The summed E-state index contributed by atoms with van der Waals surface area (Å²) in [7, 11) is 0. The third-order valence-corrected chi connectivity index (χ3v) is 3.09. The maximum absolute atomic E-state index is 13.5. The average molecular weight is 366 g/mol. The van der Waals surface area contributed by atoms with Crippen LogP contribution in [0.3, 0.4) is 0 Å². The molecule has 0 spiro atoms. The van der Waals surface area contributed by atoms with Crippen molar-refractivity contribution >= 4 is 5.97 Å². The van der Waals surface area contributed by atoms with E-state index in [4.69, 9.17) is 10.2 Å². The van der Waals surface area contributed by atoms with E-state index in [9.17, 15) is 26.7 Å². The van der Waals surface area contributed by atoms with E-state index >= 15 is 0 Å². The molecule has 0 aliphatic heterocycles. The molecule has 4 nitrogen and oxygen atoms in total. The lowest BCUT2D eigenvalue weighted by molar-refractivity contribution is -0.139. The average Bonchev–Trinajstić information content (AvgIpc) is 2.60. The van der Waals surface area contributed by atoms with E-state index in [2.05, 4.69) is 4.74 Å². The number of esters is 1. The number of aliphatic hydroxyl groups is 2. The van der Waals surface area contributed by atoms with Crippen molar-refractivity contribution in [1.29, 1.82) is 0 Å². The van der Waals surface area contributed by atoms with Gasteiger partial charge in [-0.1, -0.05) is 24.3 Å². The van der Waals surface area contributed by atoms with E-state index in [1.165, 1.54) is 24.3 Å². The van der Waals surface area contributed by atoms with Gasteiger partial charge >= 0.3 is 5.97 Å². The van der Waals surface area contributed by atoms with E-state index in [0.29, 0.717) is 0 Å². The van der Waals surface area contributed by atoms with Gasteiger partial charge in [-0.25, -0.2) is 13.2 Å². The highest BCUT2D eigenvalue weighted by Gasteiger charge is 2.30. The van der Waals surface area contributed by atoms with Crippen LogP contribution in [0.2, 0.25) is 0 Å². The molecule has 1 aromatic carbocycles. The Morgan fingerprint density at radius 2 is 1.20 bits per heavy atom. The fraction of sp³-hybridized carbons (Fsp3) is 0.312. The molecule has 2 N–H and O–H groups in total. The Bertz CT molecular complexity index is 628. The molecule has 0 aliphatic carbocycles. The molecule has 0 unspecified atom stereocenters. The van der Waals surface area contributed by atoms with Crippen LogP contribution in [0.15, 0.2) is 24.3 Å². The molecule has 0 aromatic heterocycles. The summed E-state index contributed by atoms with van der Waals surface area (Å²) in [5.41, 5.74) is 0. The van der Waals surface area contributed by atoms with Crippen LogP contribution < -0.4 is 4.74 Å². The fourth-order valence-electron chi connectivity index (χ4n) is 1.82. The number of ether oxygens (including phenoxy) is 1. The van der Waals surface area contributed by atoms with Crippen LogP contribution in [0.1, 0.15) is 12.8 Å². The maximum Gasteiger partial charge on any atom is 0.315 e. The number of rotatable bonds is 8. The van der Waals surface area contributed by atoms with Crippen LogP contribution in [0.25, 0.3) is 0 Å². The summed E-state index contributed by atoms with van der Waals surface area (Å²) in [5.74, 6) is -15.2. The van der Waals surface area contributed by atoms with Crippen LogP contribution in [-0.4, -0.2) is 29.4 Å². The summed E-state index contributed by atoms with van der Waals surface area (Å²) in [4.78, 5) is 12.0. The number of hydrogen-bond donors (Lipinski definition) is 2. The molecule has 0 saturated carbocycles. The Balaban J connectivity index is 3.06. The first-order chi connectivity index (χ1) is 11.8. The van der Waals surface area contributed by atoms with Gasteiger partial charge < -0.3 is 14.9 Å². The summed E-state index contributed by atoms with van der Waals surface area (Å²) >= 11 is 0. The fourth-order valence-corrected chi connectivity index (χ4v) is 1.82. The van der Waals surface area contributed by atoms with Gasteiger partial charge in [0, 0.05) is 0 Å². The van der Waals surface area contributed by atoms with Crippen LogP contribution in [0, 0.1) is 35.0 Å². The molecule has 1 rings (SSSR count). The van der Waals surface area contributed by atoms with Gasteiger partial charge in [-0.05, 0) is 12.8 Å². The SMILES string of the molecule is O=C(Oc1c(F)c(F)c(F)c(F)c1F)C(C/C=C\CO)C/C=C\CO. The van der Waals surface area contributed by atoms with E-state index < -0.39 is 46.7 Å². The Morgan fingerprint density at radius 3 is 1.60 bits per heavy atom. The standard InChI is InChI=1S/C16H15F5O4/c17-10-11(18)13(20)15(14(21)12(10)19)25-16(24)9(5-1-3-7-22)6-2-4-8-23/h1-4,9,22-23H,5-8H2/b3-1-,4-2-. The van der Waals surface area contributed by atoms with E-state index in [0.717, 1.165) is 0 Å². The van der Waals surface area contributed by atoms with Gasteiger partial charge in [0.1, 0.15) is 0 Å². The van der Waals surface area contributed by atoms with E-state index in [1.54, 1.807) is 0 Å². The minimum atomic E-state index is -2.36.